The molecule has 23 heavy (non-hydrogen) atoms. The number of nitrogens with one attached hydrogen (secondary N) is 1. The topological polar surface area (TPSA) is 52.7 Å². The molecular formula is C16H26FN3O2S. The maximum absolute atomic E-state index is 13.3. The summed E-state index contributed by atoms with van der Waals surface area (Å²) in [5.74, 6) is -0.179. The number of rotatable bonds is 6. The van der Waals surface area contributed by atoms with E-state index in [9.17, 15) is 12.8 Å². The van der Waals surface area contributed by atoms with Crippen LogP contribution in [0.15, 0.2) is 23.1 Å². The Balaban J connectivity index is 1.87. The smallest absolute Gasteiger partial charge is 0.240 e. The average molecular weight is 343 g/mol. The van der Waals surface area contributed by atoms with E-state index in [1.165, 1.54) is 18.2 Å². The molecule has 7 heteroatoms. The number of piperazine rings is 1. The monoisotopic (exact) mass is 343 g/mol. The van der Waals surface area contributed by atoms with Crippen molar-refractivity contribution in [3.63, 3.8) is 0 Å². The van der Waals surface area contributed by atoms with Gasteiger partial charge in [0.05, 0.1) is 4.90 Å². The molecule has 0 spiro atoms. The summed E-state index contributed by atoms with van der Waals surface area (Å²) in [7, 11) is -1.48. The first kappa shape index (κ1) is 18.3. The zero-order chi connectivity index (χ0) is 17.0. The summed E-state index contributed by atoms with van der Waals surface area (Å²) in [6, 6.07) is 3.86. The first-order chi connectivity index (χ1) is 10.8. The van der Waals surface area contributed by atoms with Crippen LogP contribution in [-0.4, -0.2) is 64.5 Å². The molecule has 1 heterocycles. The van der Waals surface area contributed by atoms with Gasteiger partial charge in [0.2, 0.25) is 10.0 Å². The van der Waals surface area contributed by atoms with Crippen molar-refractivity contribution in [3.8, 4) is 0 Å². The fourth-order valence-corrected chi connectivity index (χ4v) is 3.91. The van der Waals surface area contributed by atoms with E-state index in [-0.39, 0.29) is 10.8 Å². The Labute approximate surface area is 138 Å². The van der Waals surface area contributed by atoms with Gasteiger partial charge in [-0.25, -0.2) is 17.5 Å². The molecule has 1 atom stereocenters. The van der Waals surface area contributed by atoms with Gasteiger partial charge in [-0.15, -0.1) is 0 Å². The quantitative estimate of drug-likeness (QED) is 0.846. The van der Waals surface area contributed by atoms with Crippen molar-refractivity contribution >= 4 is 10.0 Å². The average Bonchev–Trinajstić information content (AvgIpc) is 2.50. The van der Waals surface area contributed by atoms with Crippen molar-refractivity contribution < 1.29 is 12.8 Å². The van der Waals surface area contributed by atoms with Crippen molar-refractivity contribution in [3.05, 3.63) is 29.6 Å². The van der Waals surface area contributed by atoms with Crippen LogP contribution in [0.2, 0.25) is 0 Å². The van der Waals surface area contributed by atoms with Crippen LogP contribution < -0.4 is 4.72 Å². The standard InChI is InChI=1S/C16H26FN3O2S/c1-13(12-20-8-6-19(3)7-9-20)11-18-23(21,22)15-4-5-16(17)14(2)10-15/h4-5,10,13,18H,6-9,11-12H2,1-3H3/t13-/m0/s1. The van der Waals surface area contributed by atoms with E-state index in [1.807, 2.05) is 6.92 Å². The second-order valence-electron chi connectivity index (χ2n) is 6.47. The van der Waals surface area contributed by atoms with Gasteiger partial charge in [0.15, 0.2) is 0 Å². The zero-order valence-electron chi connectivity index (χ0n) is 14.0. The predicted molar refractivity (Wildman–Crippen MR) is 89.4 cm³/mol. The van der Waals surface area contributed by atoms with E-state index in [1.54, 1.807) is 6.92 Å². The molecule has 1 aromatic carbocycles. The highest BCUT2D eigenvalue weighted by atomic mass is 32.2. The summed E-state index contributed by atoms with van der Waals surface area (Å²) in [5, 5.41) is 0. The van der Waals surface area contributed by atoms with E-state index >= 15 is 0 Å². The number of nitrogens with zero attached hydrogens (tertiary/aromatic N) is 2. The third-order valence-electron chi connectivity index (χ3n) is 4.23. The Hall–Kier alpha value is -1.02. The number of halogens is 1. The molecule has 0 radical (unpaired) electrons. The third-order valence-corrected chi connectivity index (χ3v) is 5.65. The first-order valence-corrected chi connectivity index (χ1v) is 9.43. The van der Waals surface area contributed by atoms with Crippen LogP contribution >= 0.6 is 0 Å². The second-order valence-corrected chi connectivity index (χ2v) is 8.24. The molecule has 1 fully saturated rings. The summed E-state index contributed by atoms with van der Waals surface area (Å²) < 4.78 is 40.5. The minimum Gasteiger partial charge on any atom is -0.304 e. The summed E-state index contributed by atoms with van der Waals surface area (Å²) in [5.41, 5.74) is 0.332. The maximum atomic E-state index is 13.3. The summed E-state index contributed by atoms with van der Waals surface area (Å²) >= 11 is 0. The molecule has 5 nitrogen and oxygen atoms in total. The van der Waals surface area contributed by atoms with Gasteiger partial charge in [-0.1, -0.05) is 6.92 Å². The second kappa shape index (κ2) is 7.70. The molecule has 0 aliphatic carbocycles. The molecule has 1 saturated heterocycles. The van der Waals surface area contributed by atoms with Crippen LogP contribution in [0, 0.1) is 18.7 Å². The van der Waals surface area contributed by atoms with Gasteiger partial charge in [0.25, 0.3) is 0 Å². The molecule has 1 aromatic rings. The lowest BCUT2D eigenvalue weighted by molar-refractivity contribution is 0.139. The predicted octanol–water partition coefficient (Wildman–Crippen LogP) is 1.30. The summed E-state index contributed by atoms with van der Waals surface area (Å²) in [6.45, 7) is 8.99. The Kier molecular flexibility index (Phi) is 6.13. The Bertz CT molecular complexity index is 628. The van der Waals surface area contributed by atoms with E-state index in [2.05, 4.69) is 21.6 Å². The van der Waals surface area contributed by atoms with Crippen molar-refractivity contribution in [1.82, 2.24) is 14.5 Å². The SMILES string of the molecule is Cc1cc(S(=O)(=O)NC[C@H](C)CN2CCN(C)CC2)ccc1F. The normalized spacial score (nSPS) is 19.0. The number of hydrogen-bond donors (Lipinski definition) is 1. The highest BCUT2D eigenvalue weighted by Crippen LogP contribution is 2.14. The van der Waals surface area contributed by atoms with E-state index < -0.39 is 15.8 Å². The van der Waals surface area contributed by atoms with Crippen molar-refractivity contribution in [2.45, 2.75) is 18.7 Å². The lowest BCUT2D eigenvalue weighted by atomic mass is 10.1. The van der Waals surface area contributed by atoms with Gasteiger partial charge in [0.1, 0.15) is 5.82 Å². The lowest BCUT2D eigenvalue weighted by Gasteiger charge is -2.33. The molecule has 0 amide bonds. The maximum Gasteiger partial charge on any atom is 0.240 e. The number of sulfonamides is 1. The Morgan fingerprint density at radius 2 is 1.91 bits per heavy atom. The molecule has 0 unspecified atom stereocenters. The molecule has 1 aliphatic rings. The summed E-state index contributed by atoms with van der Waals surface area (Å²) in [6.07, 6.45) is 0. The largest absolute Gasteiger partial charge is 0.304 e. The van der Waals surface area contributed by atoms with Gasteiger partial charge in [-0.2, -0.15) is 0 Å². The fraction of sp³-hybridized carbons (Fsp3) is 0.625. The van der Waals surface area contributed by atoms with Crippen LogP contribution in [0.3, 0.4) is 0 Å². The first-order valence-electron chi connectivity index (χ1n) is 7.94. The van der Waals surface area contributed by atoms with Crippen LogP contribution in [0.4, 0.5) is 4.39 Å². The van der Waals surface area contributed by atoms with E-state index in [4.69, 9.17) is 0 Å². The molecule has 1 N–H and O–H groups in total. The molecule has 130 valence electrons. The zero-order valence-corrected chi connectivity index (χ0v) is 14.9. The summed E-state index contributed by atoms with van der Waals surface area (Å²) in [4.78, 5) is 4.77. The van der Waals surface area contributed by atoms with Crippen molar-refractivity contribution in [2.75, 3.05) is 46.3 Å². The Morgan fingerprint density at radius 3 is 2.52 bits per heavy atom. The van der Waals surface area contributed by atoms with E-state index in [0.717, 1.165) is 32.7 Å². The molecule has 1 aliphatic heterocycles. The highest BCUT2D eigenvalue weighted by molar-refractivity contribution is 7.89. The Morgan fingerprint density at radius 1 is 1.26 bits per heavy atom. The van der Waals surface area contributed by atoms with Crippen molar-refractivity contribution in [1.29, 1.82) is 0 Å². The number of benzene rings is 1. The van der Waals surface area contributed by atoms with Crippen LogP contribution in [0.5, 0.6) is 0 Å². The fourth-order valence-electron chi connectivity index (χ4n) is 2.66. The molecule has 0 bridgehead atoms. The van der Waals surface area contributed by atoms with Gasteiger partial charge in [-0.05, 0) is 43.7 Å². The van der Waals surface area contributed by atoms with Crippen LogP contribution in [0.25, 0.3) is 0 Å². The van der Waals surface area contributed by atoms with Gasteiger partial charge in [-0.3, -0.25) is 0 Å². The number of hydrogen-bond acceptors (Lipinski definition) is 4. The molecule has 0 aromatic heterocycles. The number of likely N-dealkylation sites (N-methyl/N-ethyl adjacent to an activating group) is 1. The molecule has 2 rings (SSSR count). The van der Waals surface area contributed by atoms with Gasteiger partial charge < -0.3 is 9.80 Å². The van der Waals surface area contributed by atoms with Crippen LogP contribution in [-0.2, 0) is 10.0 Å². The minimum absolute atomic E-state index is 0.114. The molecular weight excluding hydrogens is 317 g/mol. The molecule has 0 saturated carbocycles. The third kappa shape index (κ3) is 5.24. The van der Waals surface area contributed by atoms with Crippen LogP contribution in [0.1, 0.15) is 12.5 Å². The van der Waals surface area contributed by atoms with E-state index in [0.29, 0.717) is 12.1 Å². The van der Waals surface area contributed by atoms with Gasteiger partial charge in [0, 0.05) is 39.3 Å². The van der Waals surface area contributed by atoms with Crippen molar-refractivity contribution in [2.24, 2.45) is 5.92 Å². The lowest BCUT2D eigenvalue weighted by Crippen LogP contribution is -2.46. The number of aryl methyl sites for hydroxylation is 1. The van der Waals surface area contributed by atoms with Gasteiger partial charge >= 0.3 is 0 Å². The highest BCUT2D eigenvalue weighted by Gasteiger charge is 2.19. The minimum atomic E-state index is -3.59.